The predicted molar refractivity (Wildman–Crippen MR) is 283 cm³/mol. The van der Waals surface area contributed by atoms with Gasteiger partial charge in [0.2, 0.25) is 0 Å². The molecule has 14 rings (SSSR count). The van der Waals surface area contributed by atoms with E-state index in [0.717, 1.165) is 35.5 Å². The summed E-state index contributed by atoms with van der Waals surface area (Å²) in [5.74, 6) is 3.63. The highest BCUT2D eigenvalue weighted by Gasteiger charge is 2.68. The van der Waals surface area contributed by atoms with Crippen LogP contribution < -0.4 is 20.1 Å². The third-order valence-corrected chi connectivity index (χ3v) is 20.5. The molecule has 6 aliphatic carbocycles. The van der Waals surface area contributed by atoms with Crippen molar-refractivity contribution in [2.75, 3.05) is 0 Å². The number of ketones is 2. The van der Waals surface area contributed by atoms with Gasteiger partial charge in [-0.2, -0.15) is 0 Å². The summed E-state index contributed by atoms with van der Waals surface area (Å²) in [7, 11) is 0. The summed E-state index contributed by atoms with van der Waals surface area (Å²) in [6, 6.07) is 16.7. The summed E-state index contributed by atoms with van der Waals surface area (Å²) >= 11 is 0. The van der Waals surface area contributed by atoms with Crippen molar-refractivity contribution in [3.05, 3.63) is 132 Å². The number of amides is 2. The van der Waals surface area contributed by atoms with E-state index in [4.69, 9.17) is 9.47 Å². The van der Waals surface area contributed by atoms with Crippen LogP contribution in [0, 0.1) is 93.7 Å². The second-order valence-corrected chi connectivity index (χ2v) is 26.1. The van der Waals surface area contributed by atoms with Crippen LogP contribution in [-0.2, 0) is 32.0 Å². The van der Waals surface area contributed by atoms with E-state index in [0.29, 0.717) is 59.5 Å². The molecule has 8 heteroatoms. The minimum Gasteiger partial charge on any atom is -0.490 e. The summed E-state index contributed by atoms with van der Waals surface area (Å²) in [5, 5.41) is 6.24. The molecule has 2 aromatic rings. The molecule has 4 fully saturated rings. The molecule has 6 aliphatic heterocycles. The molecule has 8 nitrogen and oxygen atoms in total. The van der Waals surface area contributed by atoms with Crippen LogP contribution in [-0.4, -0.2) is 46.7 Å². The molecule has 12 aliphatic rings. The highest BCUT2D eigenvalue weighted by molar-refractivity contribution is 6.23. The summed E-state index contributed by atoms with van der Waals surface area (Å²) in [6.07, 6.45) is 17.9. The molecular weight excluding hydrogens is 893 g/mol. The fraction of sp³-hybridized carbons (Fsp3) is 0.562. The highest BCUT2D eigenvalue weighted by Crippen LogP contribution is 2.69. The van der Waals surface area contributed by atoms with Crippen LogP contribution in [0.5, 0.6) is 11.5 Å². The number of carbonyl (C=O) groups excluding carboxylic acids is 4. The number of hydrogen-bond donors (Lipinski definition) is 2. The van der Waals surface area contributed by atoms with E-state index in [1.807, 2.05) is 38.2 Å². The lowest BCUT2D eigenvalue weighted by Crippen LogP contribution is -2.45. The van der Waals surface area contributed by atoms with Gasteiger partial charge in [0.1, 0.15) is 23.7 Å². The van der Waals surface area contributed by atoms with E-state index in [1.54, 1.807) is 0 Å². The molecule has 6 heterocycles. The van der Waals surface area contributed by atoms with Gasteiger partial charge >= 0.3 is 0 Å². The molecule has 0 radical (unpaired) electrons. The molecule has 2 N–H and O–H groups in total. The predicted octanol–water partition coefficient (Wildman–Crippen LogP) is 11.4. The molecule has 72 heavy (non-hydrogen) atoms. The first-order valence-corrected chi connectivity index (χ1v) is 27.4. The molecule has 20 unspecified atom stereocenters. The number of Topliss-reactive ketones (excluding diaryl/α,β-unsaturated/α-hetero) is 2. The zero-order chi connectivity index (χ0) is 51.1. The molecule has 20 atom stereocenters. The van der Waals surface area contributed by atoms with Crippen molar-refractivity contribution in [3.8, 4) is 11.5 Å². The lowest BCUT2D eigenvalue weighted by molar-refractivity contribution is -0.129. The number of hydrogen-bond acceptors (Lipinski definition) is 6. The number of ether oxygens (including phenoxy) is 2. The Labute approximate surface area is 428 Å². The second-order valence-electron chi connectivity index (χ2n) is 26.1. The summed E-state index contributed by atoms with van der Waals surface area (Å²) in [4.78, 5) is 55.3. The van der Waals surface area contributed by atoms with Gasteiger partial charge in [0.25, 0.3) is 11.8 Å². The zero-order valence-corrected chi connectivity index (χ0v) is 44.4. The first-order chi connectivity index (χ1) is 34.1. The van der Waals surface area contributed by atoms with Gasteiger partial charge in [0.05, 0.1) is 22.2 Å². The quantitative estimate of drug-likeness (QED) is 0.229. The number of carbonyl (C=O) groups is 4. The highest BCUT2D eigenvalue weighted by atomic mass is 16.5. The molecule has 4 saturated carbocycles. The molecule has 2 amide bonds. The van der Waals surface area contributed by atoms with Crippen molar-refractivity contribution in [1.29, 1.82) is 0 Å². The lowest BCUT2D eigenvalue weighted by Gasteiger charge is -2.48. The van der Waals surface area contributed by atoms with Gasteiger partial charge in [-0.05, 0) is 160 Å². The molecule has 380 valence electrons. The third-order valence-electron chi connectivity index (χ3n) is 20.5. The van der Waals surface area contributed by atoms with E-state index in [2.05, 4.69) is 140 Å². The Bertz CT molecular complexity index is 2580. The second kappa shape index (κ2) is 17.2. The normalized spacial score (nSPS) is 45.1. The van der Waals surface area contributed by atoms with Crippen molar-refractivity contribution in [1.82, 2.24) is 10.6 Å². The average molecular weight is 971 g/mol. The SMILES string of the molecule is C=CC1C=C(C)C2C3C(Oc4ccc(cc4)CC4(C)C=C(C(=O)N4)C(=O)C13)C1C(C)CC(C)CC21C.C=CC1C=C(C)C2C3C(Oc4ccc(cc4)CC4(C)C=C(C(=O)N4)C(=O)C13)C1C(C)CC(C)CC21C. The standard InChI is InChI=1S/2C32H39NO3/c2*1-7-21-13-19(4)26-25-24(21)28(34)23-16-31(5,33-30(23)35)15-20-8-10-22(11-9-20)36-29(25)27-18(3)12-17(2)14-32(26,27)6/h2*7-11,13,16-18,21,24-27,29H,1,12,14-15H2,2-6H3,(H,33,35). The van der Waals surface area contributed by atoms with Crippen molar-refractivity contribution >= 4 is 23.4 Å². The summed E-state index contributed by atoms with van der Waals surface area (Å²) in [6.45, 7) is 31.2. The Morgan fingerprint density at radius 1 is 0.569 bits per heavy atom. The molecular formula is C64H78N2O6. The Balaban J connectivity index is 0.000000156. The smallest absolute Gasteiger partial charge is 0.255 e. The number of rotatable bonds is 2. The fourth-order valence-electron chi connectivity index (χ4n) is 19.0. The topological polar surface area (TPSA) is 111 Å². The lowest BCUT2D eigenvalue weighted by atomic mass is 9.55. The maximum Gasteiger partial charge on any atom is 0.255 e. The van der Waals surface area contributed by atoms with Gasteiger partial charge in [0, 0.05) is 47.3 Å². The van der Waals surface area contributed by atoms with Crippen LogP contribution in [0.25, 0.3) is 0 Å². The Hall–Kier alpha value is -5.24. The van der Waals surface area contributed by atoms with Gasteiger partial charge in [-0.1, -0.05) is 101 Å². The molecule has 0 saturated heterocycles. The Morgan fingerprint density at radius 3 is 1.28 bits per heavy atom. The van der Waals surface area contributed by atoms with Gasteiger partial charge < -0.3 is 20.1 Å². The van der Waals surface area contributed by atoms with Crippen LogP contribution in [0.2, 0.25) is 0 Å². The summed E-state index contributed by atoms with van der Waals surface area (Å²) < 4.78 is 13.9. The van der Waals surface area contributed by atoms with Crippen molar-refractivity contribution in [2.24, 2.45) is 93.7 Å². The molecule has 0 spiro atoms. The van der Waals surface area contributed by atoms with Crippen LogP contribution in [0.3, 0.4) is 0 Å². The fourth-order valence-corrected chi connectivity index (χ4v) is 19.0. The summed E-state index contributed by atoms with van der Waals surface area (Å²) in [5.41, 5.74) is 4.47. The van der Waals surface area contributed by atoms with Gasteiger partial charge in [0.15, 0.2) is 11.6 Å². The van der Waals surface area contributed by atoms with Gasteiger partial charge in [-0.25, -0.2) is 0 Å². The van der Waals surface area contributed by atoms with E-state index < -0.39 is 11.1 Å². The largest absolute Gasteiger partial charge is 0.490 e. The monoisotopic (exact) mass is 971 g/mol. The molecule has 2 aromatic carbocycles. The van der Waals surface area contributed by atoms with Crippen LogP contribution in [0.15, 0.2) is 120 Å². The number of nitrogens with one attached hydrogen (secondary N) is 2. The maximum atomic E-state index is 14.4. The van der Waals surface area contributed by atoms with Gasteiger partial charge in [-0.15, -0.1) is 13.2 Å². The third kappa shape index (κ3) is 7.55. The Morgan fingerprint density at radius 2 is 0.931 bits per heavy atom. The number of benzene rings is 2. The van der Waals surface area contributed by atoms with Crippen LogP contribution in [0.1, 0.15) is 106 Å². The molecule has 8 bridgehead atoms. The van der Waals surface area contributed by atoms with E-state index in [1.165, 1.54) is 24.0 Å². The number of fused-ring (bicyclic) bond motifs is 8. The van der Waals surface area contributed by atoms with Crippen molar-refractivity contribution in [2.45, 2.75) is 131 Å². The van der Waals surface area contributed by atoms with E-state index >= 15 is 0 Å². The van der Waals surface area contributed by atoms with E-state index in [9.17, 15) is 19.2 Å². The van der Waals surface area contributed by atoms with E-state index in [-0.39, 0.29) is 93.8 Å². The zero-order valence-electron chi connectivity index (χ0n) is 44.4. The minimum atomic E-state index is -0.582. The Kier molecular flexibility index (Phi) is 11.7. The number of allylic oxidation sites excluding steroid dienone is 6. The van der Waals surface area contributed by atoms with Crippen LogP contribution in [0.4, 0.5) is 0 Å². The van der Waals surface area contributed by atoms with Crippen molar-refractivity contribution in [3.63, 3.8) is 0 Å². The first kappa shape index (κ1) is 49.0. The maximum absolute atomic E-state index is 14.4. The molecule has 0 aromatic heterocycles. The van der Waals surface area contributed by atoms with Gasteiger partial charge in [-0.3, -0.25) is 19.2 Å². The first-order valence-electron chi connectivity index (χ1n) is 27.4. The minimum absolute atomic E-state index is 0.00534. The average Bonchev–Trinajstić information content (AvgIpc) is 3.96. The van der Waals surface area contributed by atoms with Crippen molar-refractivity contribution < 1.29 is 28.7 Å². The van der Waals surface area contributed by atoms with Crippen LogP contribution >= 0.6 is 0 Å².